The molecule has 1 aromatic heterocycles. The van der Waals surface area contributed by atoms with Crippen molar-refractivity contribution >= 4 is 27.6 Å². The number of hydrogen-bond donors (Lipinski definition) is 1. The summed E-state index contributed by atoms with van der Waals surface area (Å²) in [6, 6.07) is 3.39. The van der Waals surface area contributed by atoms with Crippen LogP contribution in [0.5, 0.6) is 11.6 Å². The Labute approximate surface area is 127 Å². The van der Waals surface area contributed by atoms with E-state index in [0.29, 0.717) is 12.5 Å². The van der Waals surface area contributed by atoms with Gasteiger partial charge in [0.05, 0.1) is 9.40 Å². The molecular formula is C12H10BrFN4O3. The Kier molecular flexibility index (Phi) is 4.63. The molecule has 0 amide bonds. The second-order valence-electron chi connectivity index (χ2n) is 3.84. The number of nitro benzene ring substituents is 1. The Morgan fingerprint density at radius 3 is 2.95 bits per heavy atom. The van der Waals surface area contributed by atoms with Crippen molar-refractivity contribution in [2.45, 2.75) is 6.92 Å². The van der Waals surface area contributed by atoms with Gasteiger partial charge in [-0.15, -0.1) is 0 Å². The lowest BCUT2D eigenvalue weighted by Crippen LogP contribution is -2.03. The summed E-state index contributed by atoms with van der Waals surface area (Å²) in [6.45, 7) is 2.47. The molecule has 0 saturated heterocycles. The van der Waals surface area contributed by atoms with Gasteiger partial charge in [-0.05, 0) is 22.9 Å². The number of anilines is 1. The molecule has 0 fully saturated rings. The number of nitrogens with one attached hydrogen (secondary N) is 1. The van der Waals surface area contributed by atoms with E-state index >= 15 is 0 Å². The van der Waals surface area contributed by atoms with Crippen LogP contribution in [0.3, 0.4) is 0 Å². The SMILES string of the molecule is CCNc1nccc(Oc2cc(F)c(Br)cc2[N+](=O)[O-])n1. The molecule has 9 heteroatoms. The minimum absolute atomic E-state index is 0.0161. The highest BCUT2D eigenvalue weighted by molar-refractivity contribution is 9.10. The standard InChI is InChI=1S/C12H10BrFN4O3/c1-2-15-12-16-4-3-11(17-12)21-10-6-8(14)7(13)5-9(10)18(19)20/h3-6H,2H2,1H3,(H,15,16,17). The molecule has 0 aliphatic heterocycles. The zero-order valence-corrected chi connectivity index (χ0v) is 12.4. The number of nitrogens with zero attached hydrogens (tertiary/aromatic N) is 3. The molecule has 1 heterocycles. The van der Waals surface area contributed by atoms with Crippen molar-refractivity contribution in [3.63, 3.8) is 0 Å². The molecule has 0 aliphatic rings. The fraction of sp³-hybridized carbons (Fsp3) is 0.167. The lowest BCUT2D eigenvalue weighted by molar-refractivity contribution is -0.385. The Bertz CT molecular complexity index is 684. The normalized spacial score (nSPS) is 10.2. The molecule has 7 nitrogen and oxygen atoms in total. The molecule has 110 valence electrons. The van der Waals surface area contributed by atoms with Gasteiger partial charge in [0, 0.05) is 30.9 Å². The predicted molar refractivity (Wildman–Crippen MR) is 77.0 cm³/mol. The average Bonchev–Trinajstić information content (AvgIpc) is 2.43. The molecule has 1 N–H and O–H groups in total. The third kappa shape index (κ3) is 3.63. The number of aromatic nitrogens is 2. The summed E-state index contributed by atoms with van der Waals surface area (Å²) < 4.78 is 18.8. The fourth-order valence-electron chi connectivity index (χ4n) is 1.50. The number of rotatable bonds is 5. The third-order valence-corrected chi connectivity index (χ3v) is 2.99. The van der Waals surface area contributed by atoms with E-state index in [0.717, 1.165) is 12.1 Å². The second kappa shape index (κ2) is 6.44. The minimum Gasteiger partial charge on any atom is -0.432 e. The van der Waals surface area contributed by atoms with Crippen LogP contribution in [0.15, 0.2) is 28.9 Å². The van der Waals surface area contributed by atoms with E-state index in [9.17, 15) is 14.5 Å². The largest absolute Gasteiger partial charge is 0.432 e. The maximum absolute atomic E-state index is 13.5. The molecule has 1 aromatic carbocycles. The van der Waals surface area contributed by atoms with Gasteiger partial charge in [0.2, 0.25) is 17.6 Å². The molecule has 0 unspecified atom stereocenters. The van der Waals surface area contributed by atoms with Crippen LogP contribution in [-0.2, 0) is 0 Å². The average molecular weight is 357 g/mol. The molecule has 0 spiro atoms. The lowest BCUT2D eigenvalue weighted by atomic mass is 10.3. The van der Waals surface area contributed by atoms with Crippen LogP contribution in [0.1, 0.15) is 6.92 Å². The minimum atomic E-state index is -0.670. The molecule has 0 bridgehead atoms. The lowest BCUT2D eigenvalue weighted by Gasteiger charge is -2.07. The van der Waals surface area contributed by atoms with Gasteiger partial charge in [-0.3, -0.25) is 10.1 Å². The van der Waals surface area contributed by atoms with Crippen LogP contribution in [0, 0.1) is 15.9 Å². The highest BCUT2D eigenvalue weighted by atomic mass is 79.9. The monoisotopic (exact) mass is 356 g/mol. The molecular weight excluding hydrogens is 347 g/mol. The van der Waals surface area contributed by atoms with Gasteiger partial charge in [0.15, 0.2) is 0 Å². The topological polar surface area (TPSA) is 90.2 Å². The third-order valence-electron chi connectivity index (χ3n) is 2.38. The molecule has 0 aliphatic carbocycles. The van der Waals surface area contributed by atoms with Crippen LogP contribution in [0.2, 0.25) is 0 Å². The first-order valence-corrected chi connectivity index (χ1v) is 6.68. The van der Waals surface area contributed by atoms with E-state index in [1.54, 1.807) is 0 Å². The number of nitro groups is 1. The van der Waals surface area contributed by atoms with Crippen molar-refractivity contribution < 1.29 is 14.1 Å². The van der Waals surface area contributed by atoms with Crippen molar-refractivity contribution in [3.8, 4) is 11.6 Å². The summed E-state index contributed by atoms with van der Waals surface area (Å²) in [4.78, 5) is 18.3. The number of hydrogen-bond acceptors (Lipinski definition) is 6. The van der Waals surface area contributed by atoms with Gasteiger partial charge in [-0.1, -0.05) is 0 Å². The fourth-order valence-corrected chi connectivity index (χ4v) is 1.83. The first-order valence-electron chi connectivity index (χ1n) is 5.89. The summed E-state index contributed by atoms with van der Waals surface area (Å²) in [5, 5.41) is 13.9. The molecule has 0 atom stereocenters. The quantitative estimate of drug-likeness (QED) is 0.651. The van der Waals surface area contributed by atoms with E-state index in [1.807, 2.05) is 6.92 Å². The maximum Gasteiger partial charge on any atom is 0.312 e. The Morgan fingerprint density at radius 1 is 1.52 bits per heavy atom. The number of ether oxygens (including phenoxy) is 1. The van der Waals surface area contributed by atoms with Crippen LogP contribution in [-0.4, -0.2) is 21.4 Å². The van der Waals surface area contributed by atoms with Crippen LogP contribution in [0.4, 0.5) is 16.0 Å². The van der Waals surface area contributed by atoms with Crippen molar-refractivity contribution in [3.05, 3.63) is 44.8 Å². The summed E-state index contributed by atoms with van der Waals surface area (Å²) in [5.74, 6) is -0.514. The van der Waals surface area contributed by atoms with E-state index in [-0.39, 0.29) is 21.8 Å². The van der Waals surface area contributed by atoms with Gasteiger partial charge in [0.25, 0.3) is 0 Å². The first-order chi connectivity index (χ1) is 10.0. The summed E-state index contributed by atoms with van der Waals surface area (Å²) in [7, 11) is 0. The molecule has 0 saturated carbocycles. The highest BCUT2D eigenvalue weighted by Crippen LogP contribution is 2.35. The van der Waals surface area contributed by atoms with Gasteiger partial charge < -0.3 is 10.1 Å². The summed E-state index contributed by atoms with van der Waals surface area (Å²) >= 11 is 2.90. The molecule has 2 rings (SSSR count). The first kappa shape index (κ1) is 15.1. The van der Waals surface area contributed by atoms with Crippen LogP contribution >= 0.6 is 15.9 Å². The van der Waals surface area contributed by atoms with Crippen molar-refractivity contribution in [1.82, 2.24) is 9.97 Å². The Morgan fingerprint density at radius 2 is 2.29 bits per heavy atom. The smallest absolute Gasteiger partial charge is 0.312 e. The zero-order valence-electron chi connectivity index (χ0n) is 10.8. The zero-order chi connectivity index (χ0) is 15.4. The van der Waals surface area contributed by atoms with E-state index < -0.39 is 10.7 Å². The van der Waals surface area contributed by atoms with Crippen molar-refractivity contribution in [2.75, 3.05) is 11.9 Å². The van der Waals surface area contributed by atoms with Crippen molar-refractivity contribution in [2.24, 2.45) is 0 Å². The number of benzene rings is 1. The van der Waals surface area contributed by atoms with E-state index in [1.165, 1.54) is 12.3 Å². The van der Waals surface area contributed by atoms with Crippen LogP contribution < -0.4 is 10.1 Å². The van der Waals surface area contributed by atoms with Crippen molar-refractivity contribution in [1.29, 1.82) is 0 Å². The predicted octanol–water partition coefficient (Wildman–Crippen LogP) is 3.51. The van der Waals surface area contributed by atoms with Gasteiger partial charge in [-0.2, -0.15) is 4.98 Å². The maximum atomic E-state index is 13.5. The molecule has 21 heavy (non-hydrogen) atoms. The van der Waals surface area contributed by atoms with E-state index in [4.69, 9.17) is 4.74 Å². The Hall–Kier alpha value is -2.29. The summed E-state index contributed by atoms with van der Waals surface area (Å²) in [5.41, 5.74) is -0.369. The molecule has 0 radical (unpaired) electrons. The van der Waals surface area contributed by atoms with E-state index in [2.05, 4.69) is 31.2 Å². The van der Waals surface area contributed by atoms with Gasteiger partial charge in [-0.25, -0.2) is 9.37 Å². The highest BCUT2D eigenvalue weighted by Gasteiger charge is 2.20. The van der Waals surface area contributed by atoms with Crippen LogP contribution in [0.25, 0.3) is 0 Å². The van der Waals surface area contributed by atoms with Gasteiger partial charge in [0.1, 0.15) is 5.82 Å². The molecule has 2 aromatic rings. The number of halogens is 2. The summed E-state index contributed by atoms with van der Waals surface area (Å²) in [6.07, 6.45) is 1.43. The Balaban J connectivity index is 2.36. The van der Waals surface area contributed by atoms with Gasteiger partial charge >= 0.3 is 5.69 Å². The second-order valence-corrected chi connectivity index (χ2v) is 4.70.